The molecule has 3 rings (SSSR count). The lowest BCUT2D eigenvalue weighted by molar-refractivity contribution is 0.0601. The fourth-order valence-corrected chi connectivity index (χ4v) is 2.48. The molecule has 2 aromatic rings. The first-order chi connectivity index (χ1) is 10.2. The molecule has 0 spiro atoms. The summed E-state index contributed by atoms with van der Waals surface area (Å²) < 4.78 is 4.68. The summed E-state index contributed by atoms with van der Waals surface area (Å²) in [5.74, 6) is -0.0169. The molecule has 1 aromatic carbocycles. The number of nitrogens with one attached hydrogen (secondary N) is 2. The van der Waals surface area contributed by atoms with E-state index in [0.717, 1.165) is 30.5 Å². The van der Waals surface area contributed by atoms with Crippen molar-refractivity contribution >= 4 is 17.6 Å². The predicted molar refractivity (Wildman–Crippen MR) is 77.9 cm³/mol. The summed E-state index contributed by atoms with van der Waals surface area (Å²) in [6.45, 7) is 0. The topological polar surface area (TPSA) is 84.1 Å². The molecule has 0 unspecified atom stereocenters. The van der Waals surface area contributed by atoms with Crippen LogP contribution in [0.2, 0.25) is 0 Å². The Kier molecular flexibility index (Phi) is 3.43. The Balaban J connectivity index is 1.89. The monoisotopic (exact) mass is 285 g/mol. The Morgan fingerprint density at radius 2 is 2.24 bits per heavy atom. The second-order valence-corrected chi connectivity index (χ2v) is 4.89. The molecule has 1 heterocycles. The van der Waals surface area contributed by atoms with Crippen molar-refractivity contribution in [2.45, 2.75) is 19.3 Å². The molecule has 108 valence electrons. The summed E-state index contributed by atoms with van der Waals surface area (Å²) >= 11 is 0. The maximum Gasteiger partial charge on any atom is 0.337 e. The van der Waals surface area contributed by atoms with Crippen LogP contribution in [0.5, 0.6) is 0 Å². The number of aromatic nitrogens is 2. The molecule has 0 radical (unpaired) electrons. The molecule has 1 aliphatic rings. The van der Waals surface area contributed by atoms with Crippen LogP contribution in [0.4, 0.5) is 11.6 Å². The number of anilines is 2. The Morgan fingerprint density at radius 1 is 1.38 bits per heavy atom. The third-order valence-electron chi connectivity index (χ3n) is 3.49. The first-order valence-electron chi connectivity index (χ1n) is 6.75. The number of rotatable bonds is 3. The molecule has 0 aliphatic heterocycles. The number of aromatic amines is 1. The first kappa shape index (κ1) is 13.4. The highest BCUT2D eigenvalue weighted by atomic mass is 16.5. The summed E-state index contributed by atoms with van der Waals surface area (Å²) in [6, 6.07) is 6.84. The van der Waals surface area contributed by atoms with Crippen LogP contribution in [0.25, 0.3) is 0 Å². The Hall–Kier alpha value is -2.63. The number of nitrogens with zero attached hydrogens (tertiary/aromatic N) is 1. The van der Waals surface area contributed by atoms with Crippen molar-refractivity contribution in [2.75, 3.05) is 12.4 Å². The SMILES string of the molecule is COC(=O)c1cccc(Nc2nc3c(c(=O)[nH]2)CCC3)c1. The molecule has 1 aliphatic carbocycles. The van der Waals surface area contributed by atoms with Gasteiger partial charge in [-0.1, -0.05) is 6.07 Å². The second kappa shape index (κ2) is 5.40. The molecular formula is C15H15N3O3. The van der Waals surface area contributed by atoms with Gasteiger partial charge in [0.15, 0.2) is 0 Å². The number of H-pyrrole nitrogens is 1. The fraction of sp³-hybridized carbons (Fsp3) is 0.267. The molecule has 6 heteroatoms. The van der Waals surface area contributed by atoms with Crippen LogP contribution in [0.3, 0.4) is 0 Å². The van der Waals surface area contributed by atoms with Crippen molar-refractivity contribution in [1.29, 1.82) is 0 Å². The van der Waals surface area contributed by atoms with Crippen molar-refractivity contribution in [3.05, 3.63) is 51.4 Å². The standard InChI is InChI=1S/C15H15N3O3/c1-21-14(20)9-4-2-5-10(8-9)16-15-17-12-7-3-6-11(12)13(19)18-15/h2,4-5,8H,3,6-7H2,1H3,(H2,16,17,18,19). The number of esters is 1. The molecule has 0 atom stereocenters. The van der Waals surface area contributed by atoms with E-state index in [1.165, 1.54) is 7.11 Å². The molecule has 1 aromatic heterocycles. The summed E-state index contributed by atoms with van der Waals surface area (Å²) in [5, 5.41) is 3.02. The molecule has 0 fully saturated rings. The van der Waals surface area contributed by atoms with Crippen LogP contribution in [0, 0.1) is 0 Å². The summed E-state index contributed by atoms with van der Waals surface area (Å²) in [6.07, 6.45) is 2.58. The van der Waals surface area contributed by atoms with Gasteiger partial charge in [0.2, 0.25) is 5.95 Å². The third kappa shape index (κ3) is 2.65. The van der Waals surface area contributed by atoms with E-state index >= 15 is 0 Å². The van der Waals surface area contributed by atoms with E-state index < -0.39 is 5.97 Å². The average Bonchev–Trinajstić information content (AvgIpc) is 2.95. The number of aryl methyl sites for hydroxylation is 1. The third-order valence-corrected chi connectivity index (χ3v) is 3.49. The van der Waals surface area contributed by atoms with Crippen molar-refractivity contribution in [3.63, 3.8) is 0 Å². The summed E-state index contributed by atoms with van der Waals surface area (Å²) in [7, 11) is 1.34. The number of carbonyl (C=O) groups excluding carboxylic acids is 1. The zero-order valence-corrected chi connectivity index (χ0v) is 11.6. The van der Waals surface area contributed by atoms with Gasteiger partial charge in [-0.2, -0.15) is 0 Å². The average molecular weight is 285 g/mol. The molecule has 21 heavy (non-hydrogen) atoms. The van der Waals surface area contributed by atoms with E-state index in [0.29, 0.717) is 17.2 Å². The van der Waals surface area contributed by atoms with Gasteiger partial charge in [0.05, 0.1) is 18.4 Å². The highest BCUT2D eigenvalue weighted by Gasteiger charge is 2.17. The molecule has 0 saturated carbocycles. The lowest BCUT2D eigenvalue weighted by Gasteiger charge is -2.08. The van der Waals surface area contributed by atoms with E-state index in [9.17, 15) is 9.59 Å². The van der Waals surface area contributed by atoms with Gasteiger partial charge in [0.25, 0.3) is 5.56 Å². The van der Waals surface area contributed by atoms with E-state index in [2.05, 4.69) is 20.0 Å². The van der Waals surface area contributed by atoms with Gasteiger partial charge in [0, 0.05) is 11.3 Å². The van der Waals surface area contributed by atoms with E-state index in [4.69, 9.17) is 0 Å². The van der Waals surface area contributed by atoms with Gasteiger partial charge in [-0.25, -0.2) is 9.78 Å². The first-order valence-corrected chi connectivity index (χ1v) is 6.75. The molecule has 0 saturated heterocycles. The predicted octanol–water partition coefficient (Wildman–Crippen LogP) is 1.79. The number of methoxy groups -OCH3 is 1. The Morgan fingerprint density at radius 3 is 3.05 bits per heavy atom. The molecule has 0 amide bonds. The van der Waals surface area contributed by atoms with Gasteiger partial charge < -0.3 is 10.1 Å². The van der Waals surface area contributed by atoms with Gasteiger partial charge in [-0.15, -0.1) is 0 Å². The van der Waals surface area contributed by atoms with Gasteiger partial charge in [-0.3, -0.25) is 9.78 Å². The van der Waals surface area contributed by atoms with Crippen molar-refractivity contribution < 1.29 is 9.53 Å². The normalized spacial score (nSPS) is 12.8. The molecule has 0 bridgehead atoms. The van der Waals surface area contributed by atoms with Crippen LogP contribution in [0.1, 0.15) is 28.0 Å². The van der Waals surface area contributed by atoms with Gasteiger partial charge >= 0.3 is 5.97 Å². The summed E-state index contributed by atoms with van der Waals surface area (Å²) in [5.41, 5.74) is 2.64. The minimum Gasteiger partial charge on any atom is -0.465 e. The van der Waals surface area contributed by atoms with Gasteiger partial charge in [0.1, 0.15) is 0 Å². The lowest BCUT2D eigenvalue weighted by atomic mass is 10.2. The zero-order valence-electron chi connectivity index (χ0n) is 11.6. The highest BCUT2D eigenvalue weighted by molar-refractivity contribution is 5.90. The van der Waals surface area contributed by atoms with Crippen molar-refractivity contribution in [1.82, 2.24) is 9.97 Å². The van der Waals surface area contributed by atoms with Crippen LogP contribution in [-0.4, -0.2) is 23.0 Å². The number of hydrogen-bond donors (Lipinski definition) is 2. The lowest BCUT2D eigenvalue weighted by Crippen LogP contribution is -2.16. The van der Waals surface area contributed by atoms with Crippen LogP contribution in [0.15, 0.2) is 29.1 Å². The van der Waals surface area contributed by atoms with E-state index in [1.807, 2.05) is 0 Å². The van der Waals surface area contributed by atoms with Crippen LogP contribution < -0.4 is 10.9 Å². The van der Waals surface area contributed by atoms with E-state index in [1.54, 1.807) is 24.3 Å². The number of carbonyl (C=O) groups is 1. The molecular weight excluding hydrogens is 270 g/mol. The number of fused-ring (bicyclic) bond motifs is 1. The molecule has 6 nitrogen and oxygen atoms in total. The Labute approximate surface area is 121 Å². The fourth-order valence-electron chi connectivity index (χ4n) is 2.48. The van der Waals surface area contributed by atoms with Crippen LogP contribution >= 0.6 is 0 Å². The zero-order chi connectivity index (χ0) is 14.8. The minimum atomic E-state index is -0.408. The number of hydrogen-bond acceptors (Lipinski definition) is 5. The largest absolute Gasteiger partial charge is 0.465 e. The van der Waals surface area contributed by atoms with Gasteiger partial charge in [-0.05, 0) is 37.5 Å². The van der Waals surface area contributed by atoms with E-state index in [-0.39, 0.29) is 5.56 Å². The Bertz CT molecular complexity index is 752. The smallest absolute Gasteiger partial charge is 0.337 e. The highest BCUT2D eigenvalue weighted by Crippen LogP contribution is 2.19. The molecule has 2 N–H and O–H groups in total. The van der Waals surface area contributed by atoms with Crippen LogP contribution in [-0.2, 0) is 17.6 Å². The van der Waals surface area contributed by atoms with Crippen molar-refractivity contribution in [2.24, 2.45) is 0 Å². The second-order valence-electron chi connectivity index (χ2n) is 4.89. The number of benzene rings is 1. The summed E-state index contributed by atoms with van der Waals surface area (Å²) in [4.78, 5) is 30.6. The van der Waals surface area contributed by atoms with Crippen molar-refractivity contribution in [3.8, 4) is 0 Å². The minimum absolute atomic E-state index is 0.0934. The maximum absolute atomic E-state index is 11.9. The number of ether oxygens (including phenoxy) is 1. The maximum atomic E-state index is 11.9. The quantitative estimate of drug-likeness (QED) is 0.840.